The van der Waals surface area contributed by atoms with Crippen molar-refractivity contribution in [2.24, 2.45) is 0 Å². The lowest BCUT2D eigenvalue weighted by molar-refractivity contribution is 0.629. The summed E-state index contributed by atoms with van der Waals surface area (Å²) >= 11 is 5.74. The van der Waals surface area contributed by atoms with E-state index < -0.39 is 5.82 Å². The normalized spacial score (nSPS) is 16.1. The van der Waals surface area contributed by atoms with Crippen LogP contribution in [0.5, 0.6) is 0 Å². The maximum Gasteiger partial charge on any atom is 0.201 e. The number of rotatable bonds is 1. The Morgan fingerprint density at radius 2 is 2.20 bits per heavy atom. The van der Waals surface area contributed by atoms with Crippen LogP contribution in [0.25, 0.3) is 11.0 Å². The van der Waals surface area contributed by atoms with Crippen LogP contribution in [0.15, 0.2) is 12.1 Å². The molecule has 0 saturated heterocycles. The number of nitrogens with zero attached hydrogens (tertiary/aromatic N) is 2. The smallest absolute Gasteiger partial charge is 0.201 e. The molecule has 0 aliphatic heterocycles. The summed E-state index contributed by atoms with van der Waals surface area (Å²) in [6, 6.07) is 3.33. The van der Waals surface area contributed by atoms with Crippen molar-refractivity contribution in [1.82, 2.24) is 9.55 Å². The van der Waals surface area contributed by atoms with Gasteiger partial charge in [0.25, 0.3) is 0 Å². The van der Waals surface area contributed by atoms with Crippen molar-refractivity contribution < 1.29 is 4.39 Å². The molecule has 0 amide bonds. The highest BCUT2D eigenvalue weighted by Crippen LogP contribution is 2.40. The highest BCUT2D eigenvalue weighted by molar-refractivity contribution is 6.31. The monoisotopic (exact) mass is 225 g/mol. The van der Waals surface area contributed by atoms with Crippen LogP contribution in [0.1, 0.15) is 18.9 Å². The number of imidazole rings is 1. The van der Waals surface area contributed by atoms with Gasteiger partial charge in [0.05, 0.1) is 16.1 Å². The molecule has 2 N–H and O–H groups in total. The second-order valence-electron chi connectivity index (χ2n) is 3.83. The van der Waals surface area contributed by atoms with E-state index in [2.05, 4.69) is 4.98 Å². The lowest BCUT2D eigenvalue weighted by Gasteiger charge is -2.03. The van der Waals surface area contributed by atoms with E-state index in [1.165, 1.54) is 6.07 Å². The Labute approximate surface area is 90.6 Å². The van der Waals surface area contributed by atoms with Gasteiger partial charge in [0.15, 0.2) is 0 Å². The molecule has 0 atom stereocenters. The topological polar surface area (TPSA) is 43.8 Å². The molecule has 0 radical (unpaired) electrons. The van der Waals surface area contributed by atoms with Crippen molar-refractivity contribution in [1.29, 1.82) is 0 Å². The Balaban J connectivity index is 2.34. The SMILES string of the molecule is Nc1nc2cc(F)c(Cl)cc2n1C1CC1. The third-order valence-electron chi connectivity index (χ3n) is 2.67. The van der Waals surface area contributed by atoms with Crippen molar-refractivity contribution in [3.63, 3.8) is 0 Å². The van der Waals surface area contributed by atoms with Crippen LogP contribution in [-0.4, -0.2) is 9.55 Å². The van der Waals surface area contributed by atoms with Gasteiger partial charge in [-0.1, -0.05) is 11.6 Å². The highest BCUT2D eigenvalue weighted by Gasteiger charge is 2.27. The summed E-state index contributed by atoms with van der Waals surface area (Å²) in [5.41, 5.74) is 7.17. The molecule has 1 heterocycles. The van der Waals surface area contributed by atoms with Crippen LogP contribution in [0.4, 0.5) is 10.3 Å². The molecule has 0 spiro atoms. The fraction of sp³-hybridized carbons (Fsp3) is 0.300. The predicted octanol–water partition coefficient (Wildman–Crippen LogP) is 2.75. The van der Waals surface area contributed by atoms with Gasteiger partial charge in [0, 0.05) is 12.1 Å². The van der Waals surface area contributed by atoms with Crippen molar-refractivity contribution in [3.05, 3.63) is 23.0 Å². The van der Waals surface area contributed by atoms with E-state index in [0.717, 1.165) is 18.4 Å². The number of nitrogen functional groups attached to an aromatic ring is 1. The molecule has 1 aromatic carbocycles. The van der Waals surface area contributed by atoms with E-state index in [4.69, 9.17) is 17.3 Å². The number of hydrogen-bond acceptors (Lipinski definition) is 2. The molecule has 0 unspecified atom stereocenters. The van der Waals surface area contributed by atoms with Crippen LogP contribution in [0.3, 0.4) is 0 Å². The molecule has 1 aliphatic rings. The van der Waals surface area contributed by atoms with Crippen LogP contribution in [-0.2, 0) is 0 Å². The maximum atomic E-state index is 13.2. The summed E-state index contributed by atoms with van der Waals surface area (Å²) < 4.78 is 15.1. The van der Waals surface area contributed by atoms with Crippen LogP contribution in [0.2, 0.25) is 5.02 Å². The Morgan fingerprint density at radius 1 is 1.47 bits per heavy atom. The summed E-state index contributed by atoms with van der Waals surface area (Å²) in [4.78, 5) is 4.12. The fourth-order valence-electron chi connectivity index (χ4n) is 1.83. The van der Waals surface area contributed by atoms with Gasteiger partial charge in [0.2, 0.25) is 5.95 Å². The van der Waals surface area contributed by atoms with E-state index in [0.29, 0.717) is 17.5 Å². The summed E-state index contributed by atoms with van der Waals surface area (Å²) in [5, 5.41) is 0.115. The quantitative estimate of drug-likeness (QED) is 0.811. The second-order valence-corrected chi connectivity index (χ2v) is 4.23. The number of halogens is 2. The van der Waals surface area contributed by atoms with Crippen LogP contribution < -0.4 is 5.73 Å². The van der Waals surface area contributed by atoms with Crippen molar-refractivity contribution in [2.75, 3.05) is 5.73 Å². The number of benzene rings is 1. The van der Waals surface area contributed by atoms with Gasteiger partial charge in [-0.25, -0.2) is 9.37 Å². The molecule has 3 nitrogen and oxygen atoms in total. The first-order chi connectivity index (χ1) is 7.16. The third kappa shape index (κ3) is 1.28. The van der Waals surface area contributed by atoms with Gasteiger partial charge in [-0.3, -0.25) is 0 Å². The molecule has 1 saturated carbocycles. The standard InChI is InChI=1S/C10H9ClFN3/c11-6-3-9-8(4-7(6)12)14-10(13)15(9)5-1-2-5/h3-5H,1-2H2,(H2,13,14). The van der Waals surface area contributed by atoms with E-state index in [1.54, 1.807) is 6.07 Å². The first-order valence-electron chi connectivity index (χ1n) is 4.79. The Hall–Kier alpha value is -1.29. The second kappa shape index (κ2) is 2.85. The summed E-state index contributed by atoms with van der Waals surface area (Å²) in [6.07, 6.45) is 2.20. The van der Waals surface area contributed by atoms with E-state index in [-0.39, 0.29) is 5.02 Å². The van der Waals surface area contributed by atoms with Crippen LogP contribution >= 0.6 is 11.6 Å². The zero-order chi connectivity index (χ0) is 10.6. The van der Waals surface area contributed by atoms with Crippen molar-refractivity contribution in [3.8, 4) is 0 Å². The average molecular weight is 226 g/mol. The number of aromatic nitrogens is 2. The molecule has 15 heavy (non-hydrogen) atoms. The molecule has 1 aromatic heterocycles. The number of nitrogens with two attached hydrogens (primary N) is 1. The molecule has 0 bridgehead atoms. The highest BCUT2D eigenvalue weighted by atomic mass is 35.5. The average Bonchev–Trinajstić information content (AvgIpc) is 2.93. The van der Waals surface area contributed by atoms with Crippen molar-refractivity contribution in [2.45, 2.75) is 18.9 Å². The van der Waals surface area contributed by atoms with Crippen LogP contribution in [0, 0.1) is 5.82 Å². The molecular formula is C10H9ClFN3. The first-order valence-corrected chi connectivity index (χ1v) is 5.17. The number of fused-ring (bicyclic) bond motifs is 1. The van der Waals surface area contributed by atoms with Gasteiger partial charge in [-0.15, -0.1) is 0 Å². The lowest BCUT2D eigenvalue weighted by atomic mass is 10.3. The summed E-state index contributed by atoms with van der Waals surface area (Å²) in [7, 11) is 0. The fourth-order valence-corrected chi connectivity index (χ4v) is 1.98. The largest absolute Gasteiger partial charge is 0.369 e. The zero-order valence-electron chi connectivity index (χ0n) is 7.87. The lowest BCUT2D eigenvalue weighted by Crippen LogP contribution is -2.00. The molecular weight excluding hydrogens is 217 g/mol. The molecule has 1 aliphatic carbocycles. The summed E-state index contributed by atoms with van der Waals surface area (Å²) in [5.74, 6) is -0.0150. The van der Waals surface area contributed by atoms with Gasteiger partial charge in [0.1, 0.15) is 5.82 Å². The van der Waals surface area contributed by atoms with E-state index in [1.807, 2.05) is 4.57 Å². The Kier molecular flexibility index (Phi) is 1.71. The first kappa shape index (κ1) is 8.97. The third-order valence-corrected chi connectivity index (χ3v) is 2.96. The Bertz CT molecular complexity index is 545. The van der Waals surface area contributed by atoms with Gasteiger partial charge in [-0.05, 0) is 18.9 Å². The number of hydrogen-bond donors (Lipinski definition) is 1. The maximum absolute atomic E-state index is 13.2. The minimum Gasteiger partial charge on any atom is -0.369 e. The minimum absolute atomic E-state index is 0.115. The van der Waals surface area contributed by atoms with Gasteiger partial charge < -0.3 is 10.3 Å². The predicted molar refractivity (Wildman–Crippen MR) is 57.4 cm³/mol. The van der Waals surface area contributed by atoms with E-state index >= 15 is 0 Å². The summed E-state index contributed by atoms with van der Waals surface area (Å²) in [6.45, 7) is 0. The molecule has 5 heteroatoms. The number of anilines is 1. The Morgan fingerprint density at radius 3 is 2.87 bits per heavy atom. The molecule has 2 aromatic rings. The van der Waals surface area contributed by atoms with Gasteiger partial charge in [-0.2, -0.15) is 0 Å². The van der Waals surface area contributed by atoms with E-state index in [9.17, 15) is 4.39 Å². The van der Waals surface area contributed by atoms with Crippen molar-refractivity contribution >= 4 is 28.6 Å². The minimum atomic E-state index is -0.454. The van der Waals surface area contributed by atoms with Gasteiger partial charge >= 0.3 is 0 Å². The molecule has 78 valence electrons. The zero-order valence-corrected chi connectivity index (χ0v) is 8.63. The molecule has 3 rings (SSSR count). The molecule has 1 fully saturated rings.